The Kier molecular flexibility index (Phi) is 4.35. The van der Waals surface area contributed by atoms with Crippen LogP contribution in [0.15, 0.2) is 59.7 Å². The van der Waals surface area contributed by atoms with Crippen molar-refractivity contribution in [3.8, 4) is 0 Å². The fourth-order valence-electron chi connectivity index (χ4n) is 2.65. The molecule has 1 unspecified atom stereocenters. The summed E-state index contributed by atoms with van der Waals surface area (Å²) >= 11 is 0. The lowest BCUT2D eigenvalue weighted by Gasteiger charge is -2.13. The normalized spacial score (nSPS) is 17.0. The van der Waals surface area contributed by atoms with Crippen molar-refractivity contribution in [2.75, 3.05) is 11.6 Å². The molecule has 1 amide bonds. The average molecular weight is 325 g/mol. The first kappa shape index (κ1) is 15.8. The number of amides is 1. The zero-order valence-electron chi connectivity index (χ0n) is 12.7. The highest BCUT2D eigenvalue weighted by atomic mass is 16.6. The highest BCUT2D eigenvalue weighted by Crippen LogP contribution is 2.28. The number of hydrogen-bond donors (Lipinski definition) is 1. The molecular formula is C17H15N3O4. The van der Waals surface area contributed by atoms with Crippen molar-refractivity contribution in [2.45, 2.75) is 6.42 Å². The van der Waals surface area contributed by atoms with E-state index in [4.69, 9.17) is 0 Å². The number of aliphatic hydroxyl groups excluding tert-OH is 1. The van der Waals surface area contributed by atoms with Gasteiger partial charge in [-0.05, 0) is 36.2 Å². The third kappa shape index (κ3) is 2.89. The summed E-state index contributed by atoms with van der Waals surface area (Å²) in [5.74, 6) is -0.791. The molecule has 0 radical (unpaired) electrons. The average Bonchev–Trinajstić information content (AvgIpc) is 2.93. The molecule has 7 nitrogen and oxygen atoms in total. The zero-order valence-corrected chi connectivity index (χ0v) is 12.7. The van der Waals surface area contributed by atoms with E-state index in [0.717, 1.165) is 0 Å². The van der Waals surface area contributed by atoms with Gasteiger partial charge < -0.3 is 5.11 Å². The minimum absolute atomic E-state index is 0.0257. The van der Waals surface area contributed by atoms with Crippen LogP contribution in [0, 0.1) is 16.0 Å². The number of nitro benzene ring substituents is 1. The quantitative estimate of drug-likeness (QED) is 0.674. The van der Waals surface area contributed by atoms with E-state index in [-0.39, 0.29) is 24.6 Å². The second kappa shape index (κ2) is 6.59. The Hall–Kier alpha value is -3.06. The molecule has 2 aromatic carbocycles. The predicted octanol–water partition coefficient (Wildman–Crippen LogP) is 2.34. The van der Waals surface area contributed by atoms with Gasteiger partial charge in [-0.2, -0.15) is 10.1 Å². The number of nitrogens with zero attached hydrogens (tertiary/aromatic N) is 3. The maximum absolute atomic E-state index is 12.6. The van der Waals surface area contributed by atoms with Crippen LogP contribution in [0.4, 0.5) is 11.4 Å². The Morgan fingerprint density at radius 1 is 1.12 bits per heavy atom. The molecule has 3 rings (SSSR count). The Labute approximate surface area is 138 Å². The summed E-state index contributed by atoms with van der Waals surface area (Å²) in [4.78, 5) is 22.9. The summed E-state index contributed by atoms with van der Waals surface area (Å²) in [5, 5.41) is 25.8. The number of nitro groups is 1. The molecule has 0 saturated carbocycles. The lowest BCUT2D eigenvalue weighted by atomic mass is 9.94. The summed E-state index contributed by atoms with van der Waals surface area (Å²) in [7, 11) is 0. The molecule has 122 valence electrons. The van der Waals surface area contributed by atoms with Gasteiger partial charge in [0, 0.05) is 18.7 Å². The minimum Gasteiger partial charge on any atom is -0.396 e. The fraction of sp³-hybridized carbons (Fsp3) is 0.176. The van der Waals surface area contributed by atoms with Crippen LogP contribution in [0.25, 0.3) is 0 Å². The summed E-state index contributed by atoms with van der Waals surface area (Å²) in [6.07, 6.45) is 0.248. The Morgan fingerprint density at radius 3 is 2.38 bits per heavy atom. The third-order valence-electron chi connectivity index (χ3n) is 3.84. The number of rotatable bonds is 5. The number of carbonyl (C=O) groups excluding carboxylic acids is 1. The number of anilines is 1. The van der Waals surface area contributed by atoms with Crippen LogP contribution < -0.4 is 5.01 Å². The number of benzene rings is 2. The monoisotopic (exact) mass is 325 g/mol. The van der Waals surface area contributed by atoms with E-state index in [0.29, 0.717) is 17.0 Å². The Morgan fingerprint density at radius 2 is 1.79 bits per heavy atom. The van der Waals surface area contributed by atoms with Gasteiger partial charge in [-0.1, -0.05) is 18.2 Å². The van der Waals surface area contributed by atoms with E-state index in [2.05, 4.69) is 5.10 Å². The first-order valence-corrected chi connectivity index (χ1v) is 7.45. The number of aliphatic hydroxyl groups is 1. The van der Waals surface area contributed by atoms with E-state index in [1.54, 1.807) is 24.3 Å². The molecule has 1 aliphatic heterocycles. The summed E-state index contributed by atoms with van der Waals surface area (Å²) in [6, 6.07) is 14.9. The number of hydrogen-bond acceptors (Lipinski definition) is 5. The summed E-state index contributed by atoms with van der Waals surface area (Å²) in [5.41, 5.74) is 1.75. The van der Waals surface area contributed by atoms with E-state index in [1.165, 1.54) is 17.1 Å². The van der Waals surface area contributed by atoms with Crippen molar-refractivity contribution in [1.29, 1.82) is 0 Å². The first-order valence-electron chi connectivity index (χ1n) is 7.45. The molecular weight excluding hydrogens is 310 g/mol. The lowest BCUT2D eigenvalue weighted by molar-refractivity contribution is -0.384. The maximum Gasteiger partial charge on any atom is 0.269 e. The minimum atomic E-state index is -0.573. The summed E-state index contributed by atoms with van der Waals surface area (Å²) in [6.45, 7) is -0.148. The van der Waals surface area contributed by atoms with E-state index in [9.17, 15) is 20.0 Å². The molecule has 0 aromatic heterocycles. The van der Waals surface area contributed by atoms with Gasteiger partial charge in [-0.25, -0.2) is 0 Å². The van der Waals surface area contributed by atoms with Crippen LogP contribution in [0.5, 0.6) is 0 Å². The van der Waals surface area contributed by atoms with Gasteiger partial charge in [0.2, 0.25) is 0 Å². The standard InChI is InChI=1S/C17H15N3O4/c21-11-10-15-16(12-6-8-14(9-7-12)20(23)24)18-19(17(15)22)13-4-2-1-3-5-13/h1-9,15,21H,10-11H2. The van der Waals surface area contributed by atoms with Crippen LogP contribution in [-0.4, -0.2) is 28.3 Å². The van der Waals surface area contributed by atoms with Crippen LogP contribution in [0.3, 0.4) is 0 Å². The van der Waals surface area contributed by atoms with Crippen molar-refractivity contribution < 1.29 is 14.8 Å². The van der Waals surface area contributed by atoms with Gasteiger partial charge in [0.05, 0.1) is 22.2 Å². The second-order valence-electron chi connectivity index (χ2n) is 5.34. The van der Waals surface area contributed by atoms with Crippen molar-refractivity contribution in [2.24, 2.45) is 11.0 Å². The van der Waals surface area contributed by atoms with E-state index in [1.807, 2.05) is 18.2 Å². The molecule has 0 spiro atoms. The van der Waals surface area contributed by atoms with Gasteiger partial charge >= 0.3 is 0 Å². The Balaban J connectivity index is 1.99. The third-order valence-corrected chi connectivity index (χ3v) is 3.84. The molecule has 0 bridgehead atoms. The highest BCUT2D eigenvalue weighted by molar-refractivity contribution is 6.21. The fourth-order valence-corrected chi connectivity index (χ4v) is 2.65. The topological polar surface area (TPSA) is 96.0 Å². The van der Waals surface area contributed by atoms with Gasteiger partial charge in [-0.15, -0.1) is 0 Å². The molecule has 1 N–H and O–H groups in total. The molecule has 1 aliphatic rings. The van der Waals surface area contributed by atoms with Gasteiger partial charge in [-0.3, -0.25) is 14.9 Å². The molecule has 7 heteroatoms. The van der Waals surface area contributed by atoms with Crippen molar-refractivity contribution in [3.63, 3.8) is 0 Å². The first-order chi connectivity index (χ1) is 11.6. The number of carbonyl (C=O) groups is 1. The van der Waals surface area contributed by atoms with Gasteiger partial charge in [0.15, 0.2) is 0 Å². The van der Waals surface area contributed by atoms with Crippen molar-refractivity contribution >= 4 is 23.0 Å². The number of non-ortho nitro benzene ring substituents is 1. The molecule has 2 aromatic rings. The molecule has 0 fully saturated rings. The predicted molar refractivity (Wildman–Crippen MR) is 88.8 cm³/mol. The lowest BCUT2D eigenvalue weighted by Crippen LogP contribution is -2.28. The SMILES string of the molecule is O=C1C(CCO)C(c2ccc([N+](=O)[O-])cc2)=NN1c1ccccc1. The molecule has 0 aliphatic carbocycles. The maximum atomic E-state index is 12.6. The Bertz CT molecular complexity index is 787. The van der Waals surface area contributed by atoms with Crippen LogP contribution in [0.1, 0.15) is 12.0 Å². The van der Waals surface area contributed by atoms with Gasteiger partial charge in [0.25, 0.3) is 11.6 Å². The van der Waals surface area contributed by atoms with Crippen LogP contribution >= 0.6 is 0 Å². The van der Waals surface area contributed by atoms with E-state index >= 15 is 0 Å². The summed E-state index contributed by atoms with van der Waals surface area (Å²) < 4.78 is 0. The van der Waals surface area contributed by atoms with Crippen LogP contribution in [-0.2, 0) is 4.79 Å². The number of para-hydroxylation sites is 1. The highest BCUT2D eigenvalue weighted by Gasteiger charge is 2.36. The van der Waals surface area contributed by atoms with Crippen molar-refractivity contribution in [3.05, 3.63) is 70.3 Å². The van der Waals surface area contributed by atoms with Crippen molar-refractivity contribution in [1.82, 2.24) is 0 Å². The second-order valence-corrected chi connectivity index (χ2v) is 5.34. The largest absolute Gasteiger partial charge is 0.396 e. The molecule has 1 atom stereocenters. The zero-order chi connectivity index (χ0) is 17.1. The smallest absolute Gasteiger partial charge is 0.269 e. The molecule has 0 saturated heterocycles. The molecule has 1 heterocycles. The van der Waals surface area contributed by atoms with Gasteiger partial charge in [0.1, 0.15) is 0 Å². The van der Waals surface area contributed by atoms with E-state index < -0.39 is 10.8 Å². The number of hydrazone groups is 1. The van der Waals surface area contributed by atoms with Crippen LogP contribution in [0.2, 0.25) is 0 Å². The molecule has 24 heavy (non-hydrogen) atoms.